The van der Waals surface area contributed by atoms with Crippen LogP contribution in [0.3, 0.4) is 0 Å². The Balaban J connectivity index is 1.54. The lowest BCUT2D eigenvalue weighted by Gasteiger charge is -2.32. The molecule has 3 rings (SSSR count). The zero-order chi connectivity index (χ0) is 17.6. The first-order valence-corrected chi connectivity index (χ1v) is 9.19. The molecule has 0 atom stereocenters. The van der Waals surface area contributed by atoms with Gasteiger partial charge in [0.2, 0.25) is 5.91 Å². The second-order valence-electron chi connectivity index (χ2n) is 6.70. The Morgan fingerprint density at radius 1 is 1.16 bits per heavy atom. The lowest BCUT2D eigenvalue weighted by molar-refractivity contribution is -0.131. The number of aryl methyl sites for hydroxylation is 1. The number of benzene rings is 1. The summed E-state index contributed by atoms with van der Waals surface area (Å²) in [5.41, 5.74) is 3.57. The Bertz CT molecular complexity index is 685. The fourth-order valence-electron chi connectivity index (χ4n) is 3.58. The number of likely N-dealkylation sites (tertiary alicyclic amines) is 1. The monoisotopic (exact) mass is 341 g/mol. The third kappa shape index (κ3) is 4.28. The van der Waals surface area contributed by atoms with Crippen LogP contribution in [0.5, 0.6) is 0 Å². The van der Waals surface area contributed by atoms with Crippen LogP contribution in [0.4, 0.5) is 0 Å². The van der Waals surface area contributed by atoms with Crippen LogP contribution < -0.4 is 0 Å². The molecule has 0 bridgehead atoms. The highest BCUT2D eigenvalue weighted by atomic mass is 16.3. The molecule has 0 unspecified atom stereocenters. The number of hydrogen-bond donors (Lipinski definition) is 1. The molecular formula is C20H27N3O2. The van der Waals surface area contributed by atoms with Crippen LogP contribution in [-0.4, -0.2) is 45.4 Å². The highest BCUT2D eigenvalue weighted by Crippen LogP contribution is 2.28. The van der Waals surface area contributed by atoms with E-state index in [0.717, 1.165) is 37.9 Å². The van der Waals surface area contributed by atoms with Gasteiger partial charge in [-0.3, -0.25) is 9.48 Å². The van der Waals surface area contributed by atoms with Crippen molar-refractivity contribution in [3.63, 3.8) is 0 Å². The maximum Gasteiger partial charge on any atom is 0.226 e. The van der Waals surface area contributed by atoms with Crippen LogP contribution >= 0.6 is 0 Å². The van der Waals surface area contributed by atoms with Gasteiger partial charge in [0.25, 0.3) is 0 Å². The second kappa shape index (κ2) is 8.30. The molecule has 5 heteroatoms. The zero-order valence-corrected chi connectivity index (χ0v) is 14.9. The number of amides is 1. The van der Waals surface area contributed by atoms with Gasteiger partial charge in [-0.25, -0.2) is 0 Å². The first-order chi connectivity index (χ1) is 12.2. The molecule has 1 aromatic heterocycles. The molecule has 0 radical (unpaired) electrons. The first-order valence-electron chi connectivity index (χ1n) is 9.19. The van der Waals surface area contributed by atoms with Gasteiger partial charge in [0.15, 0.2) is 0 Å². The smallest absolute Gasteiger partial charge is 0.226 e. The van der Waals surface area contributed by atoms with E-state index in [0.29, 0.717) is 18.9 Å². The second-order valence-corrected chi connectivity index (χ2v) is 6.70. The summed E-state index contributed by atoms with van der Waals surface area (Å²) in [6.45, 7) is 4.36. The van der Waals surface area contributed by atoms with Gasteiger partial charge in [0, 0.05) is 30.9 Å². The standard InChI is InChI=1S/C20H27N3O2/c1-2-16-3-5-17(6-4-16)15-20(25)22-11-8-18(9-12-22)19-7-10-21-23(19)13-14-24/h3-7,10,18,24H,2,8-9,11-15H2,1H3. The van der Waals surface area contributed by atoms with Gasteiger partial charge in [-0.15, -0.1) is 0 Å². The van der Waals surface area contributed by atoms with Crippen LogP contribution in [0.15, 0.2) is 36.5 Å². The topological polar surface area (TPSA) is 58.4 Å². The molecule has 1 amide bonds. The Labute approximate surface area is 149 Å². The van der Waals surface area contributed by atoms with Crippen LogP contribution in [0.1, 0.15) is 42.5 Å². The summed E-state index contributed by atoms with van der Waals surface area (Å²) < 4.78 is 1.89. The predicted molar refractivity (Wildman–Crippen MR) is 97.4 cm³/mol. The van der Waals surface area contributed by atoms with Gasteiger partial charge in [0.05, 0.1) is 19.6 Å². The molecule has 1 aromatic carbocycles. The van der Waals surface area contributed by atoms with Crippen molar-refractivity contribution in [3.05, 3.63) is 53.3 Å². The average Bonchev–Trinajstić information content (AvgIpc) is 3.11. The Morgan fingerprint density at radius 2 is 1.84 bits per heavy atom. The number of aliphatic hydroxyl groups excluding tert-OH is 1. The molecule has 2 heterocycles. The van der Waals surface area contributed by atoms with Gasteiger partial charge in [-0.2, -0.15) is 5.10 Å². The summed E-state index contributed by atoms with van der Waals surface area (Å²) >= 11 is 0. The van der Waals surface area contributed by atoms with Gasteiger partial charge < -0.3 is 10.0 Å². The van der Waals surface area contributed by atoms with Crippen molar-refractivity contribution in [2.24, 2.45) is 0 Å². The molecular weight excluding hydrogens is 314 g/mol. The number of carbonyl (C=O) groups is 1. The van der Waals surface area contributed by atoms with Gasteiger partial charge in [-0.05, 0) is 36.5 Å². The molecule has 25 heavy (non-hydrogen) atoms. The molecule has 1 N–H and O–H groups in total. The zero-order valence-electron chi connectivity index (χ0n) is 14.9. The number of rotatable bonds is 6. The number of aliphatic hydroxyl groups is 1. The van der Waals surface area contributed by atoms with Crippen LogP contribution in [0, 0.1) is 0 Å². The summed E-state index contributed by atoms with van der Waals surface area (Å²) in [5, 5.41) is 13.4. The molecule has 5 nitrogen and oxygen atoms in total. The molecule has 1 fully saturated rings. The van der Waals surface area contributed by atoms with E-state index in [9.17, 15) is 4.79 Å². The molecule has 1 aliphatic rings. The summed E-state index contributed by atoms with van der Waals surface area (Å²) in [6.07, 6.45) is 5.21. The number of carbonyl (C=O) groups excluding carboxylic acids is 1. The van der Waals surface area contributed by atoms with Crippen molar-refractivity contribution in [1.82, 2.24) is 14.7 Å². The Hall–Kier alpha value is -2.14. The minimum absolute atomic E-state index is 0.100. The Morgan fingerprint density at radius 3 is 2.48 bits per heavy atom. The number of hydrogen-bond acceptors (Lipinski definition) is 3. The van der Waals surface area contributed by atoms with E-state index in [4.69, 9.17) is 5.11 Å². The summed E-state index contributed by atoms with van der Waals surface area (Å²) in [4.78, 5) is 14.5. The van der Waals surface area contributed by atoms with Crippen molar-refractivity contribution < 1.29 is 9.90 Å². The van der Waals surface area contributed by atoms with E-state index >= 15 is 0 Å². The van der Waals surface area contributed by atoms with Crippen molar-refractivity contribution in [2.45, 2.75) is 45.1 Å². The van der Waals surface area contributed by atoms with E-state index in [2.05, 4.69) is 36.3 Å². The normalized spacial score (nSPS) is 15.5. The molecule has 2 aromatic rings. The summed E-state index contributed by atoms with van der Waals surface area (Å²) in [5.74, 6) is 0.633. The van der Waals surface area contributed by atoms with Gasteiger partial charge >= 0.3 is 0 Å². The van der Waals surface area contributed by atoms with Gasteiger partial charge in [0.1, 0.15) is 0 Å². The third-order valence-corrected chi connectivity index (χ3v) is 5.11. The summed E-state index contributed by atoms with van der Waals surface area (Å²) in [7, 11) is 0. The summed E-state index contributed by atoms with van der Waals surface area (Å²) in [6, 6.07) is 10.4. The van der Waals surface area contributed by atoms with E-state index < -0.39 is 0 Å². The maximum absolute atomic E-state index is 12.6. The van der Waals surface area contributed by atoms with Crippen LogP contribution in [0.2, 0.25) is 0 Å². The molecule has 0 aliphatic carbocycles. The van der Waals surface area contributed by atoms with Crippen LogP contribution in [0.25, 0.3) is 0 Å². The number of nitrogens with zero attached hydrogens (tertiary/aromatic N) is 3. The van der Waals surface area contributed by atoms with E-state index in [1.54, 1.807) is 6.20 Å². The SMILES string of the molecule is CCc1ccc(CC(=O)N2CCC(c3ccnn3CCO)CC2)cc1. The molecule has 1 saturated heterocycles. The highest BCUT2D eigenvalue weighted by Gasteiger charge is 2.25. The Kier molecular flexibility index (Phi) is 5.87. The van der Waals surface area contributed by atoms with E-state index in [1.165, 1.54) is 11.3 Å². The van der Waals surface area contributed by atoms with Crippen molar-refractivity contribution >= 4 is 5.91 Å². The minimum Gasteiger partial charge on any atom is -0.394 e. The lowest BCUT2D eigenvalue weighted by Crippen LogP contribution is -2.39. The first kappa shape index (κ1) is 17.7. The predicted octanol–water partition coefficient (Wildman–Crippen LogP) is 2.39. The highest BCUT2D eigenvalue weighted by molar-refractivity contribution is 5.78. The molecule has 0 saturated carbocycles. The molecule has 1 aliphatic heterocycles. The molecule has 134 valence electrons. The number of piperidine rings is 1. The van der Waals surface area contributed by atoms with E-state index in [1.807, 2.05) is 15.6 Å². The van der Waals surface area contributed by atoms with Crippen molar-refractivity contribution in [3.8, 4) is 0 Å². The fraction of sp³-hybridized carbons (Fsp3) is 0.500. The van der Waals surface area contributed by atoms with Gasteiger partial charge in [-0.1, -0.05) is 31.2 Å². The van der Waals surface area contributed by atoms with Crippen molar-refractivity contribution in [1.29, 1.82) is 0 Å². The average molecular weight is 341 g/mol. The van der Waals surface area contributed by atoms with Crippen LogP contribution in [-0.2, 0) is 24.2 Å². The lowest BCUT2D eigenvalue weighted by atomic mass is 9.93. The quantitative estimate of drug-likeness (QED) is 0.878. The maximum atomic E-state index is 12.6. The third-order valence-electron chi connectivity index (χ3n) is 5.11. The van der Waals surface area contributed by atoms with E-state index in [-0.39, 0.29) is 12.5 Å². The number of aromatic nitrogens is 2. The minimum atomic E-state index is 0.100. The molecule has 0 spiro atoms. The fourth-order valence-corrected chi connectivity index (χ4v) is 3.58. The largest absolute Gasteiger partial charge is 0.394 e. The van der Waals surface area contributed by atoms with Crippen molar-refractivity contribution in [2.75, 3.05) is 19.7 Å².